The van der Waals surface area contributed by atoms with Gasteiger partial charge in [-0.05, 0) is 38.7 Å². The van der Waals surface area contributed by atoms with E-state index in [4.69, 9.17) is 27.0 Å². The number of ether oxygens (including phenoxy) is 1. The highest BCUT2D eigenvalue weighted by atomic mass is 19.1. The Balaban J connectivity index is 0.000000352. The number of aromatic carboxylic acids is 1. The predicted octanol–water partition coefficient (Wildman–Crippen LogP) is -0.619. The Morgan fingerprint density at radius 2 is 1.90 bits per heavy atom. The summed E-state index contributed by atoms with van der Waals surface area (Å²) in [6, 6.07) is 0.0932. The van der Waals surface area contributed by atoms with Crippen LogP contribution in [0.4, 0.5) is 10.1 Å². The van der Waals surface area contributed by atoms with E-state index in [9.17, 15) is 29.0 Å². The molecule has 39 heavy (non-hydrogen) atoms. The van der Waals surface area contributed by atoms with Crippen LogP contribution in [-0.2, 0) is 4.79 Å². The van der Waals surface area contributed by atoms with Gasteiger partial charge in [0.15, 0.2) is 17.5 Å². The van der Waals surface area contributed by atoms with Crippen molar-refractivity contribution < 1.29 is 39.5 Å². The molecule has 1 fully saturated rings. The zero-order valence-corrected chi connectivity index (χ0v) is 21.5. The van der Waals surface area contributed by atoms with Crippen molar-refractivity contribution in [3.8, 4) is 5.75 Å². The molecule has 15 heteroatoms. The van der Waals surface area contributed by atoms with Crippen molar-refractivity contribution in [2.75, 3.05) is 31.1 Å². The fraction of sp³-hybridized carbons (Fsp3) is 0.500. The summed E-state index contributed by atoms with van der Waals surface area (Å²) in [6.07, 6.45) is 2.92. The zero-order chi connectivity index (χ0) is 28.1. The molecular weight excluding hydrogens is 519 g/mol. The molecule has 0 spiro atoms. The number of anilines is 1. The summed E-state index contributed by atoms with van der Waals surface area (Å²) in [5.41, 5.74) is 14.9. The van der Waals surface area contributed by atoms with E-state index < -0.39 is 35.3 Å². The van der Waals surface area contributed by atoms with Gasteiger partial charge in [0.25, 0.3) is 0 Å². The molecule has 2 atom stereocenters. The highest BCUT2D eigenvalue weighted by Gasteiger charge is 2.31. The first-order valence-corrected chi connectivity index (χ1v) is 12.2. The maximum absolute atomic E-state index is 14.9. The van der Waals surface area contributed by atoms with Gasteiger partial charge in [0, 0.05) is 25.8 Å². The fourth-order valence-corrected chi connectivity index (χ4v) is 4.39. The van der Waals surface area contributed by atoms with E-state index in [2.05, 4.69) is 4.99 Å². The number of nitrogens with zero attached hydrogens (tertiary/aromatic N) is 3. The van der Waals surface area contributed by atoms with Crippen molar-refractivity contribution in [1.29, 1.82) is 0 Å². The molecule has 0 saturated carbocycles. The van der Waals surface area contributed by atoms with Crippen LogP contribution in [0.5, 0.6) is 5.75 Å². The van der Waals surface area contributed by atoms with Crippen molar-refractivity contribution >= 4 is 34.5 Å². The Morgan fingerprint density at radius 3 is 2.46 bits per heavy atom. The molecule has 2 aliphatic heterocycles. The largest absolute Gasteiger partial charge is 0.487 e. The van der Waals surface area contributed by atoms with Crippen molar-refractivity contribution in [2.45, 2.75) is 50.8 Å². The van der Waals surface area contributed by atoms with Crippen molar-refractivity contribution in [2.24, 2.45) is 22.2 Å². The number of aliphatic hydroxyl groups excluding tert-OH is 1. The Morgan fingerprint density at radius 1 is 1.26 bits per heavy atom. The molecule has 1 saturated heterocycles. The summed E-state index contributed by atoms with van der Waals surface area (Å²) >= 11 is 0. The minimum absolute atomic E-state index is 0. The maximum Gasteiger partial charge on any atom is 0.341 e. The third-order valence-electron chi connectivity index (χ3n) is 6.44. The van der Waals surface area contributed by atoms with Gasteiger partial charge in [-0.25, -0.2) is 9.18 Å². The maximum atomic E-state index is 14.9. The van der Waals surface area contributed by atoms with E-state index in [0.717, 1.165) is 6.07 Å². The molecule has 0 radical (unpaired) electrons. The second-order valence-corrected chi connectivity index (χ2v) is 9.29. The number of aliphatic carboxylic acids is 1. The van der Waals surface area contributed by atoms with E-state index >= 15 is 0 Å². The molecule has 2 aliphatic rings. The number of benzene rings is 1. The van der Waals surface area contributed by atoms with Gasteiger partial charge < -0.3 is 52.2 Å². The van der Waals surface area contributed by atoms with Gasteiger partial charge in [0.05, 0.1) is 23.0 Å². The first-order valence-electron chi connectivity index (χ1n) is 12.2. The zero-order valence-electron chi connectivity index (χ0n) is 21.5. The second-order valence-electron chi connectivity index (χ2n) is 9.29. The normalized spacial score (nSPS) is 17.2. The summed E-state index contributed by atoms with van der Waals surface area (Å²) in [7, 11) is 0. The topological polar surface area (TPSA) is 251 Å². The molecular formula is C24H35FN6O8. The van der Waals surface area contributed by atoms with Crippen molar-refractivity contribution in [3.05, 3.63) is 33.9 Å². The van der Waals surface area contributed by atoms with Crippen LogP contribution in [-0.4, -0.2) is 81.6 Å². The van der Waals surface area contributed by atoms with Crippen LogP contribution in [0.2, 0.25) is 0 Å². The van der Waals surface area contributed by atoms with Gasteiger partial charge in [-0.3, -0.25) is 14.6 Å². The number of carboxylic acid groups (broad SMARTS) is 2. The molecule has 0 unspecified atom stereocenters. The molecule has 1 aromatic carbocycles. The minimum atomic E-state index is -1.34. The van der Waals surface area contributed by atoms with Gasteiger partial charge in [-0.15, -0.1) is 0 Å². The number of pyridine rings is 1. The lowest BCUT2D eigenvalue weighted by molar-refractivity contribution is -0.138. The molecule has 1 aromatic heterocycles. The van der Waals surface area contributed by atoms with E-state index in [1.807, 2.05) is 11.8 Å². The molecule has 0 amide bonds. The third-order valence-corrected chi connectivity index (χ3v) is 6.44. The first kappa shape index (κ1) is 31.3. The van der Waals surface area contributed by atoms with Gasteiger partial charge in [-0.2, -0.15) is 0 Å². The Kier molecular flexibility index (Phi) is 10.6. The number of rotatable bonds is 7. The lowest BCUT2D eigenvalue weighted by Crippen LogP contribution is -2.37. The lowest BCUT2D eigenvalue weighted by atomic mass is 10.0. The molecule has 14 nitrogen and oxygen atoms in total. The Hall–Kier alpha value is -3.95. The van der Waals surface area contributed by atoms with Gasteiger partial charge in [-0.1, -0.05) is 0 Å². The number of hydrogen-bond acceptors (Lipinski definition) is 8. The van der Waals surface area contributed by atoms with Gasteiger partial charge in [0.1, 0.15) is 23.9 Å². The quantitative estimate of drug-likeness (QED) is 0.143. The molecule has 0 aliphatic carbocycles. The Labute approximate surface area is 222 Å². The standard InChI is InChI=1S/C18H19FN2O5.C6H14N4O2.H2O/c1-9-8-26-17-14-11(16(23)12(18(24)25)7-21(9)14)6-13(19)15(17)20-4-2-10(22)3-5-20;7-4(5(11)12)2-1-3-10-6(8)9;/h6-7,9-10,22H,2-5,8H2,1H3,(H,24,25);4H,1-3,7H2,(H,11,12)(H4,8,9,10);1H2/t9-;4-;/m00./s1. The molecule has 4 rings (SSSR count). The fourth-order valence-electron chi connectivity index (χ4n) is 4.39. The van der Waals surface area contributed by atoms with E-state index in [1.54, 1.807) is 4.57 Å². The molecule has 2 aromatic rings. The number of halogens is 1. The average molecular weight is 555 g/mol. The van der Waals surface area contributed by atoms with Crippen LogP contribution in [0.25, 0.3) is 10.9 Å². The Bertz CT molecular complexity index is 1290. The number of carboxylic acids is 2. The monoisotopic (exact) mass is 554 g/mol. The molecule has 0 bridgehead atoms. The number of aromatic nitrogens is 1. The first-order chi connectivity index (χ1) is 17.9. The van der Waals surface area contributed by atoms with E-state index in [-0.39, 0.29) is 46.5 Å². The smallest absolute Gasteiger partial charge is 0.341 e. The number of hydrogen-bond donors (Lipinski definition) is 6. The van der Waals surface area contributed by atoms with Crippen LogP contribution in [0, 0.1) is 5.82 Å². The number of aliphatic hydroxyl groups is 1. The number of nitrogens with two attached hydrogens (primary N) is 3. The average Bonchev–Trinajstić information content (AvgIpc) is 2.85. The summed E-state index contributed by atoms with van der Waals surface area (Å²) in [6.45, 7) is 3.47. The van der Waals surface area contributed by atoms with Crippen LogP contribution < -0.4 is 32.3 Å². The SMILES string of the molecule is C[C@H]1COc2c(N3CCC(O)CC3)c(F)cc3c(=O)c(C(=O)O)cn1c23.NC(N)=NCCC[C@H](N)C(=O)O.O. The van der Waals surface area contributed by atoms with Crippen LogP contribution in [0.15, 0.2) is 22.1 Å². The van der Waals surface area contributed by atoms with E-state index in [0.29, 0.717) is 50.8 Å². The van der Waals surface area contributed by atoms with Gasteiger partial charge >= 0.3 is 11.9 Å². The number of carbonyl (C=O) groups is 2. The third kappa shape index (κ3) is 7.13. The predicted molar refractivity (Wildman–Crippen MR) is 142 cm³/mol. The second kappa shape index (κ2) is 13.2. The lowest BCUT2D eigenvalue weighted by Gasteiger charge is -2.35. The van der Waals surface area contributed by atoms with E-state index in [1.165, 1.54) is 6.20 Å². The minimum Gasteiger partial charge on any atom is -0.487 e. The summed E-state index contributed by atoms with van der Waals surface area (Å²) in [5.74, 6) is -2.68. The molecule has 11 N–H and O–H groups in total. The number of aliphatic imine (C=N–C) groups is 1. The highest BCUT2D eigenvalue weighted by molar-refractivity contribution is 5.97. The summed E-state index contributed by atoms with van der Waals surface area (Å²) in [4.78, 5) is 39.7. The number of piperidine rings is 1. The van der Waals surface area contributed by atoms with Crippen molar-refractivity contribution in [1.82, 2.24) is 4.57 Å². The number of guanidine groups is 1. The summed E-state index contributed by atoms with van der Waals surface area (Å²) in [5, 5.41) is 27.4. The molecule has 3 heterocycles. The highest BCUT2D eigenvalue weighted by Crippen LogP contribution is 2.42. The van der Waals surface area contributed by atoms with Crippen LogP contribution in [0.1, 0.15) is 49.0 Å². The summed E-state index contributed by atoms with van der Waals surface area (Å²) < 4.78 is 22.4. The van der Waals surface area contributed by atoms with Crippen molar-refractivity contribution in [3.63, 3.8) is 0 Å². The van der Waals surface area contributed by atoms with Gasteiger partial charge in [0.2, 0.25) is 5.43 Å². The van der Waals surface area contributed by atoms with Crippen LogP contribution in [0.3, 0.4) is 0 Å². The molecule has 216 valence electrons. The van der Waals surface area contributed by atoms with Crippen LogP contribution >= 0.6 is 0 Å².